The molecule has 2 aromatic heterocycles. The van der Waals surface area contributed by atoms with Crippen LogP contribution in [0, 0.1) is 11.8 Å². The van der Waals surface area contributed by atoms with E-state index in [1.807, 2.05) is 22.8 Å². The molecule has 1 atom stereocenters. The van der Waals surface area contributed by atoms with Crippen LogP contribution in [0.2, 0.25) is 0 Å². The lowest BCUT2D eigenvalue weighted by atomic mass is 9.86. The lowest BCUT2D eigenvalue weighted by molar-refractivity contribution is 0.0995. The molecule has 4 N–H and O–H groups in total. The smallest absolute Gasteiger partial charge is 0.269 e. The fourth-order valence-corrected chi connectivity index (χ4v) is 4.30. The summed E-state index contributed by atoms with van der Waals surface area (Å²) >= 11 is 0. The van der Waals surface area contributed by atoms with E-state index < -0.39 is 11.5 Å². The van der Waals surface area contributed by atoms with Crippen molar-refractivity contribution >= 4 is 11.5 Å². The van der Waals surface area contributed by atoms with Crippen LogP contribution in [0.1, 0.15) is 59.3 Å². The molecular weight excluding hydrogens is 406 g/mol. The highest BCUT2D eigenvalue weighted by molar-refractivity contribution is 5.94. The molecule has 8 heteroatoms. The van der Waals surface area contributed by atoms with Crippen LogP contribution in [-0.4, -0.2) is 41.1 Å². The van der Waals surface area contributed by atoms with Crippen molar-refractivity contribution < 1.29 is 15.0 Å². The number of amides is 1. The van der Waals surface area contributed by atoms with E-state index in [0.717, 1.165) is 23.1 Å². The van der Waals surface area contributed by atoms with Gasteiger partial charge in [0.1, 0.15) is 17.1 Å². The summed E-state index contributed by atoms with van der Waals surface area (Å²) in [5, 5.41) is 24.3. The van der Waals surface area contributed by atoms with Crippen LogP contribution in [-0.2, 0) is 13.5 Å². The first-order chi connectivity index (χ1) is 15.1. The number of imidazole rings is 1. The largest absolute Gasteiger partial charge is 0.504 e. The summed E-state index contributed by atoms with van der Waals surface area (Å²) in [5.74, 6) is 5.93. The molecule has 4 heterocycles. The summed E-state index contributed by atoms with van der Waals surface area (Å²) < 4.78 is 3.62. The van der Waals surface area contributed by atoms with Crippen molar-refractivity contribution in [2.45, 2.75) is 38.3 Å². The van der Waals surface area contributed by atoms with Crippen molar-refractivity contribution in [1.82, 2.24) is 19.3 Å². The third-order valence-electron chi connectivity index (χ3n) is 5.89. The molecule has 6 rings (SSSR count). The van der Waals surface area contributed by atoms with E-state index in [-0.39, 0.29) is 23.9 Å². The highest BCUT2D eigenvalue weighted by Crippen LogP contribution is 2.48. The average Bonchev–Trinajstić information content (AvgIpc) is 3.13. The van der Waals surface area contributed by atoms with Gasteiger partial charge in [0.2, 0.25) is 0 Å². The Balaban J connectivity index is 1.71. The third-order valence-corrected chi connectivity index (χ3v) is 5.89. The van der Waals surface area contributed by atoms with Crippen LogP contribution in [0.25, 0.3) is 17.0 Å². The number of primary amides is 1. The monoisotopic (exact) mass is 429 g/mol. The zero-order valence-corrected chi connectivity index (χ0v) is 18.0. The Kier molecular flexibility index (Phi) is 4.29. The van der Waals surface area contributed by atoms with E-state index in [1.54, 1.807) is 25.6 Å². The van der Waals surface area contributed by atoms with Gasteiger partial charge < -0.3 is 20.5 Å². The van der Waals surface area contributed by atoms with Gasteiger partial charge >= 0.3 is 0 Å². The fraction of sp³-hybridized carbons (Fsp3) is 0.292. The molecule has 1 aromatic carbocycles. The zero-order valence-electron chi connectivity index (χ0n) is 18.0. The second-order valence-corrected chi connectivity index (χ2v) is 8.77. The van der Waals surface area contributed by atoms with Crippen molar-refractivity contribution in [3.63, 3.8) is 0 Å². The van der Waals surface area contributed by atoms with Gasteiger partial charge in [-0.1, -0.05) is 24.0 Å². The van der Waals surface area contributed by atoms with E-state index in [2.05, 4.69) is 28.0 Å². The zero-order chi connectivity index (χ0) is 22.8. The Labute approximate surface area is 185 Å². The van der Waals surface area contributed by atoms with Crippen LogP contribution < -0.4 is 5.73 Å². The quantitative estimate of drug-likeness (QED) is 0.551. The molecule has 0 saturated carbocycles. The number of nitrogens with two attached hydrogens (primary N) is 1. The minimum atomic E-state index is -1.10. The van der Waals surface area contributed by atoms with Gasteiger partial charge in [0.25, 0.3) is 5.91 Å². The van der Waals surface area contributed by atoms with E-state index >= 15 is 0 Å². The van der Waals surface area contributed by atoms with Gasteiger partial charge in [0.05, 0.1) is 23.6 Å². The number of carbonyl (C=O) groups is 1. The number of allylic oxidation sites excluding steroid dienone is 2. The second kappa shape index (κ2) is 6.84. The number of hydrogen-bond acceptors (Lipinski definition) is 5. The predicted molar refractivity (Wildman–Crippen MR) is 119 cm³/mol. The van der Waals surface area contributed by atoms with Gasteiger partial charge in [-0.2, -0.15) is 5.10 Å². The molecule has 32 heavy (non-hydrogen) atoms. The topological polar surface area (TPSA) is 119 Å². The standard InChI is InChI=1S/C24H23N5O3/c1-24(2,32)7-6-13-4-5-16-14-9-15(10-14)29-19(11-18-20(30)12-26-28(18)3)21(22(25)31)27-23(29)17(16)8-13/h4-5,8-9,12,15,30,32H,10-11H2,1-3H3,(H2,25,31). The number of aliphatic hydroxyl groups is 1. The average molecular weight is 429 g/mol. The van der Waals surface area contributed by atoms with Crippen LogP contribution in [0.4, 0.5) is 0 Å². The number of benzene rings is 1. The first-order valence-electron chi connectivity index (χ1n) is 10.3. The summed E-state index contributed by atoms with van der Waals surface area (Å²) in [4.78, 5) is 17.0. The van der Waals surface area contributed by atoms with Crippen molar-refractivity contribution in [2.24, 2.45) is 12.8 Å². The Bertz CT molecular complexity index is 1360. The molecule has 3 aliphatic rings. The minimum Gasteiger partial charge on any atom is -0.504 e. The van der Waals surface area contributed by atoms with Crippen molar-refractivity contribution in [3.05, 3.63) is 58.7 Å². The number of aryl methyl sites for hydroxylation is 1. The number of nitrogens with zero attached hydrogens (tertiary/aromatic N) is 4. The molecule has 2 aliphatic heterocycles. The Morgan fingerprint density at radius 2 is 2.06 bits per heavy atom. The third kappa shape index (κ3) is 3.18. The van der Waals surface area contributed by atoms with Crippen LogP contribution >= 0.6 is 0 Å². The lowest BCUT2D eigenvalue weighted by Gasteiger charge is -2.26. The van der Waals surface area contributed by atoms with Gasteiger partial charge in [-0.15, -0.1) is 0 Å². The molecular formula is C24H23N5O3. The van der Waals surface area contributed by atoms with Crippen LogP contribution in [0.15, 0.2) is 30.5 Å². The van der Waals surface area contributed by atoms with Crippen molar-refractivity contribution in [1.29, 1.82) is 0 Å². The van der Waals surface area contributed by atoms with E-state index in [0.29, 0.717) is 17.2 Å². The molecule has 1 amide bonds. The number of hydrogen-bond donors (Lipinski definition) is 3. The summed E-state index contributed by atoms with van der Waals surface area (Å²) in [5.41, 5.74) is 9.88. The summed E-state index contributed by atoms with van der Waals surface area (Å²) in [7, 11) is 1.74. The second-order valence-electron chi connectivity index (χ2n) is 8.77. The number of aromatic hydroxyl groups is 1. The molecule has 8 nitrogen and oxygen atoms in total. The summed E-state index contributed by atoms with van der Waals surface area (Å²) in [6.07, 6.45) is 4.62. The van der Waals surface area contributed by atoms with Gasteiger partial charge in [0.15, 0.2) is 5.75 Å². The molecule has 0 fully saturated rings. The number of aromatic nitrogens is 4. The van der Waals surface area contributed by atoms with Gasteiger partial charge in [-0.3, -0.25) is 9.48 Å². The Morgan fingerprint density at radius 3 is 2.69 bits per heavy atom. The van der Waals surface area contributed by atoms with Gasteiger partial charge in [0, 0.05) is 24.6 Å². The first-order valence-corrected chi connectivity index (χ1v) is 10.3. The number of rotatable bonds is 3. The molecule has 2 bridgehead atoms. The summed E-state index contributed by atoms with van der Waals surface area (Å²) in [6.45, 7) is 3.27. The molecule has 162 valence electrons. The molecule has 1 aliphatic carbocycles. The van der Waals surface area contributed by atoms with Gasteiger partial charge in [-0.05, 0) is 43.5 Å². The predicted octanol–water partition coefficient (Wildman–Crippen LogP) is 2.14. The van der Waals surface area contributed by atoms with E-state index in [9.17, 15) is 15.0 Å². The molecule has 0 saturated heterocycles. The maximum absolute atomic E-state index is 12.3. The highest BCUT2D eigenvalue weighted by atomic mass is 16.3. The minimum absolute atomic E-state index is 0.0456. The molecule has 3 aromatic rings. The van der Waals surface area contributed by atoms with Crippen molar-refractivity contribution in [2.75, 3.05) is 0 Å². The molecule has 0 spiro atoms. The van der Waals surface area contributed by atoms with Crippen molar-refractivity contribution in [3.8, 4) is 29.0 Å². The number of carbonyl (C=O) groups excluding carboxylic acids is 1. The van der Waals surface area contributed by atoms with Gasteiger partial charge in [-0.25, -0.2) is 4.98 Å². The SMILES string of the molecule is Cn1ncc(O)c1Cc1c(C(N)=O)nc2n1C1C=C(C1)c1ccc(C#CC(C)(C)O)cc1-2. The first kappa shape index (κ1) is 20.1. The maximum atomic E-state index is 12.3. The van der Waals surface area contributed by atoms with E-state index in [4.69, 9.17) is 5.73 Å². The Morgan fingerprint density at radius 1 is 1.31 bits per heavy atom. The molecule has 0 radical (unpaired) electrons. The van der Waals surface area contributed by atoms with Crippen LogP contribution in [0.5, 0.6) is 5.75 Å². The van der Waals surface area contributed by atoms with E-state index in [1.165, 1.54) is 11.8 Å². The van der Waals surface area contributed by atoms with Crippen LogP contribution in [0.3, 0.4) is 0 Å². The lowest BCUT2D eigenvalue weighted by Crippen LogP contribution is -2.20. The highest BCUT2D eigenvalue weighted by Gasteiger charge is 2.36. The molecule has 1 unspecified atom stereocenters. The maximum Gasteiger partial charge on any atom is 0.269 e. The normalized spacial score (nSPS) is 16.1. The fourth-order valence-electron chi connectivity index (χ4n) is 4.30. The Hall–Kier alpha value is -3.83. The summed E-state index contributed by atoms with van der Waals surface area (Å²) in [6, 6.07) is 5.91.